The molecule has 1 aliphatic rings. The molecule has 0 aliphatic carbocycles. The van der Waals surface area contributed by atoms with Gasteiger partial charge in [0.15, 0.2) is 11.5 Å². The average Bonchev–Trinajstić information content (AvgIpc) is 2.94. The summed E-state index contributed by atoms with van der Waals surface area (Å²) in [6.45, 7) is 7.82. The smallest absolute Gasteiger partial charge is 0.280 e. The molecule has 0 saturated carbocycles. The fraction of sp³-hybridized carbons (Fsp3) is 0.182. The van der Waals surface area contributed by atoms with Crippen LogP contribution in [0.25, 0.3) is 6.08 Å². The average molecular weight is 362 g/mol. The highest BCUT2D eigenvalue weighted by Crippen LogP contribution is 2.34. The molecule has 1 aliphatic heterocycles. The van der Waals surface area contributed by atoms with Gasteiger partial charge in [-0.1, -0.05) is 24.3 Å². The first kappa shape index (κ1) is 18.5. The fourth-order valence-corrected chi connectivity index (χ4v) is 2.94. The summed E-state index contributed by atoms with van der Waals surface area (Å²) in [7, 11) is 0. The number of phenols is 1. The number of carbonyl (C=O) groups excluding carboxylic acids is 1. The minimum Gasteiger partial charge on any atom is -0.504 e. The molecule has 0 bridgehead atoms. The molecule has 0 aromatic heterocycles. The molecule has 1 heterocycles. The van der Waals surface area contributed by atoms with Crippen molar-refractivity contribution >= 4 is 23.4 Å². The van der Waals surface area contributed by atoms with Crippen LogP contribution in [0.15, 0.2) is 65.8 Å². The van der Waals surface area contributed by atoms with Crippen LogP contribution in [-0.2, 0) is 11.2 Å². The Labute approximate surface area is 158 Å². The summed E-state index contributed by atoms with van der Waals surface area (Å²) < 4.78 is 5.53. The summed E-state index contributed by atoms with van der Waals surface area (Å²) in [6, 6.07) is 12.9. The molecular formula is C22H22N2O3. The van der Waals surface area contributed by atoms with Gasteiger partial charge >= 0.3 is 0 Å². The maximum Gasteiger partial charge on any atom is 0.280 e. The number of phenolic OH excluding ortho intramolecular Hbond substituents is 1. The summed E-state index contributed by atoms with van der Waals surface area (Å²) in [6.07, 6.45) is 3.99. The molecule has 0 unspecified atom stereocenters. The maximum absolute atomic E-state index is 12.9. The van der Waals surface area contributed by atoms with E-state index in [-0.39, 0.29) is 11.7 Å². The van der Waals surface area contributed by atoms with Gasteiger partial charge in [0.25, 0.3) is 5.91 Å². The summed E-state index contributed by atoms with van der Waals surface area (Å²) in [5, 5.41) is 16.1. The van der Waals surface area contributed by atoms with Gasteiger partial charge in [-0.15, -0.1) is 6.58 Å². The summed E-state index contributed by atoms with van der Waals surface area (Å²) in [5.74, 6) is 0.312. The maximum atomic E-state index is 12.9. The lowest BCUT2D eigenvalue weighted by molar-refractivity contribution is -0.114. The van der Waals surface area contributed by atoms with E-state index in [9.17, 15) is 9.90 Å². The molecule has 1 N–H and O–H groups in total. The number of hydrogen-bond acceptors (Lipinski definition) is 4. The van der Waals surface area contributed by atoms with Crippen LogP contribution in [0, 0.1) is 0 Å². The van der Waals surface area contributed by atoms with Crippen LogP contribution in [0.5, 0.6) is 11.5 Å². The zero-order valence-electron chi connectivity index (χ0n) is 15.5. The SMILES string of the molecule is C=CCc1cc(/C=C2/C(=O)N(c3ccccc3)N=C2C)cc(OCC)c1O. The lowest BCUT2D eigenvalue weighted by Crippen LogP contribution is -2.21. The first-order valence-corrected chi connectivity index (χ1v) is 8.81. The number of hydrazone groups is 1. The number of para-hydroxylation sites is 1. The Bertz CT molecular complexity index is 930. The quantitative estimate of drug-likeness (QED) is 0.615. The van der Waals surface area contributed by atoms with E-state index in [0.717, 1.165) is 11.3 Å². The van der Waals surface area contributed by atoms with E-state index in [2.05, 4.69) is 11.7 Å². The van der Waals surface area contributed by atoms with E-state index in [1.54, 1.807) is 25.1 Å². The van der Waals surface area contributed by atoms with Crippen molar-refractivity contribution in [3.8, 4) is 11.5 Å². The van der Waals surface area contributed by atoms with E-state index >= 15 is 0 Å². The highest BCUT2D eigenvalue weighted by atomic mass is 16.5. The van der Waals surface area contributed by atoms with Gasteiger partial charge in [0.2, 0.25) is 0 Å². The number of rotatable bonds is 6. The third kappa shape index (κ3) is 3.77. The molecule has 0 spiro atoms. The highest BCUT2D eigenvalue weighted by Gasteiger charge is 2.28. The highest BCUT2D eigenvalue weighted by molar-refractivity contribution is 6.32. The molecule has 5 nitrogen and oxygen atoms in total. The van der Waals surface area contributed by atoms with Crippen molar-refractivity contribution < 1.29 is 14.6 Å². The Morgan fingerprint density at radius 1 is 1.26 bits per heavy atom. The second-order valence-electron chi connectivity index (χ2n) is 6.15. The van der Waals surface area contributed by atoms with Crippen LogP contribution in [0.2, 0.25) is 0 Å². The third-order valence-corrected chi connectivity index (χ3v) is 4.21. The van der Waals surface area contributed by atoms with E-state index in [1.165, 1.54) is 5.01 Å². The third-order valence-electron chi connectivity index (χ3n) is 4.21. The van der Waals surface area contributed by atoms with E-state index in [1.807, 2.05) is 43.3 Å². The van der Waals surface area contributed by atoms with Gasteiger partial charge in [0.1, 0.15) is 0 Å². The number of nitrogens with zero attached hydrogens (tertiary/aromatic N) is 2. The van der Waals surface area contributed by atoms with Crippen LogP contribution in [-0.4, -0.2) is 23.3 Å². The van der Waals surface area contributed by atoms with Crippen molar-refractivity contribution in [2.45, 2.75) is 20.3 Å². The minimum atomic E-state index is -0.185. The van der Waals surface area contributed by atoms with E-state index in [4.69, 9.17) is 4.74 Å². The van der Waals surface area contributed by atoms with Crippen molar-refractivity contribution in [1.82, 2.24) is 0 Å². The number of amides is 1. The molecule has 0 saturated heterocycles. The van der Waals surface area contributed by atoms with Crippen LogP contribution >= 0.6 is 0 Å². The first-order valence-electron chi connectivity index (χ1n) is 8.81. The molecule has 138 valence electrons. The van der Waals surface area contributed by atoms with Gasteiger partial charge in [-0.25, -0.2) is 0 Å². The van der Waals surface area contributed by atoms with E-state index in [0.29, 0.717) is 35.6 Å². The zero-order chi connectivity index (χ0) is 19.4. The zero-order valence-corrected chi connectivity index (χ0v) is 15.5. The van der Waals surface area contributed by atoms with Crippen LogP contribution < -0.4 is 9.75 Å². The largest absolute Gasteiger partial charge is 0.504 e. The second-order valence-corrected chi connectivity index (χ2v) is 6.15. The Morgan fingerprint density at radius 2 is 2.00 bits per heavy atom. The molecule has 27 heavy (non-hydrogen) atoms. The van der Waals surface area contributed by atoms with Gasteiger partial charge in [0.05, 0.1) is 23.6 Å². The number of anilines is 1. The van der Waals surface area contributed by atoms with Gasteiger partial charge in [0, 0.05) is 5.56 Å². The van der Waals surface area contributed by atoms with Crippen molar-refractivity contribution in [2.24, 2.45) is 5.10 Å². The Kier molecular flexibility index (Phi) is 5.41. The summed E-state index contributed by atoms with van der Waals surface area (Å²) >= 11 is 0. The van der Waals surface area contributed by atoms with Gasteiger partial charge < -0.3 is 9.84 Å². The van der Waals surface area contributed by atoms with Crippen molar-refractivity contribution in [1.29, 1.82) is 0 Å². The van der Waals surface area contributed by atoms with Crippen LogP contribution in [0.3, 0.4) is 0 Å². The fourth-order valence-electron chi connectivity index (χ4n) is 2.94. The molecule has 2 aromatic carbocycles. The van der Waals surface area contributed by atoms with Crippen molar-refractivity contribution in [2.75, 3.05) is 11.6 Å². The van der Waals surface area contributed by atoms with Crippen molar-refractivity contribution in [3.05, 3.63) is 71.8 Å². The minimum absolute atomic E-state index is 0.105. The molecule has 0 fully saturated rings. The lowest BCUT2D eigenvalue weighted by atomic mass is 10.0. The standard InChI is InChI=1S/C22H22N2O3/c1-4-9-17-12-16(14-20(21(17)25)27-5-2)13-19-15(3)23-24(22(19)26)18-10-7-6-8-11-18/h4,6-8,10-14,25H,1,5,9H2,2-3H3/b19-13+. The lowest BCUT2D eigenvalue weighted by Gasteiger charge is -2.12. The second kappa shape index (κ2) is 7.91. The number of aromatic hydroxyl groups is 1. The van der Waals surface area contributed by atoms with Gasteiger partial charge in [-0.3, -0.25) is 4.79 Å². The van der Waals surface area contributed by atoms with Crippen LogP contribution in [0.1, 0.15) is 25.0 Å². The molecule has 3 rings (SSSR count). The molecule has 0 radical (unpaired) electrons. The first-order chi connectivity index (χ1) is 13.0. The number of ether oxygens (including phenoxy) is 1. The Hall–Kier alpha value is -3.34. The molecular weight excluding hydrogens is 340 g/mol. The summed E-state index contributed by atoms with van der Waals surface area (Å²) in [5.41, 5.74) is 3.33. The van der Waals surface area contributed by atoms with Crippen LogP contribution in [0.4, 0.5) is 5.69 Å². The number of carbonyl (C=O) groups is 1. The summed E-state index contributed by atoms with van der Waals surface area (Å²) in [4.78, 5) is 12.9. The van der Waals surface area contributed by atoms with E-state index < -0.39 is 0 Å². The molecule has 1 amide bonds. The molecule has 2 aromatic rings. The predicted octanol–water partition coefficient (Wildman–Crippen LogP) is 4.33. The van der Waals surface area contributed by atoms with Crippen molar-refractivity contribution in [3.63, 3.8) is 0 Å². The number of allylic oxidation sites excluding steroid dienone is 1. The Morgan fingerprint density at radius 3 is 2.67 bits per heavy atom. The normalized spacial score (nSPS) is 15.2. The number of hydrogen-bond donors (Lipinski definition) is 1. The Balaban J connectivity index is 2.00. The molecule has 5 heteroatoms. The number of benzene rings is 2. The predicted molar refractivity (Wildman–Crippen MR) is 108 cm³/mol. The van der Waals surface area contributed by atoms with Gasteiger partial charge in [-0.2, -0.15) is 10.1 Å². The van der Waals surface area contributed by atoms with Gasteiger partial charge in [-0.05, 0) is 56.2 Å². The topological polar surface area (TPSA) is 62.1 Å². The molecule has 0 atom stereocenters. The monoisotopic (exact) mass is 362 g/mol.